The number of fused-ring (bicyclic) bond motifs is 1. The standard InChI is InChI=1S/C11H10F2N2O4/c1-15-9-6(13)2-5(12)3-8(9)19-4-7(10(15)16)14-11(17)18/h2-3,7,14H,4H2,1H3,(H,17,18). The van der Waals surface area contributed by atoms with E-state index in [4.69, 9.17) is 9.84 Å². The van der Waals surface area contributed by atoms with E-state index in [-0.39, 0.29) is 18.0 Å². The van der Waals surface area contributed by atoms with Crippen LogP contribution >= 0.6 is 0 Å². The van der Waals surface area contributed by atoms with Gasteiger partial charge in [0.1, 0.15) is 29.9 Å². The molecule has 102 valence electrons. The van der Waals surface area contributed by atoms with Crippen LogP contribution in [-0.4, -0.2) is 36.8 Å². The summed E-state index contributed by atoms with van der Waals surface area (Å²) in [5.41, 5.74) is -0.221. The Balaban J connectivity index is 2.41. The Morgan fingerprint density at radius 1 is 1.53 bits per heavy atom. The van der Waals surface area contributed by atoms with Crippen molar-refractivity contribution in [2.24, 2.45) is 0 Å². The summed E-state index contributed by atoms with van der Waals surface area (Å²) in [7, 11) is 1.26. The van der Waals surface area contributed by atoms with Gasteiger partial charge in [0.25, 0.3) is 5.91 Å². The number of ether oxygens (including phenoxy) is 1. The molecule has 0 spiro atoms. The van der Waals surface area contributed by atoms with E-state index in [9.17, 15) is 18.4 Å². The van der Waals surface area contributed by atoms with Gasteiger partial charge in [-0.3, -0.25) is 4.79 Å². The molecule has 1 aliphatic rings. The first-order valence-electron chi connectivity index (χ1n) is 5.29. The largest absolute Gasteiger partial charge is 0.488 e. The topological polar surface area (TPSA) is 78.9 Å². The Labute approximate surface area is 106 Å². The second kappa shape index (κ2) is 4.71. The maximum absolute atomic E-state index is 13.7. The van der Waals surface area contributed by atoms with Crippen molar-refractivity contribution in [1.82, 2.24) is 5.32 Å². The van der Waals surface area contributed by atoms with Gasteiger partial charge in [-0.1, -0.05) is 0 Å². The fraction of sp³-hybridized carbons (Fsp3) is 0.273. The number of likely N-dealkylation sites (N-methyl/N-ethyl adjacent to an activating group) is 1. The van der Waals surface area contributed by atoms with Gasteiger partial charge in [0.2, 0.25) is 0 Å². The van der Waals surface area contributed by atoms with Crippen molar-refractivity contribution in [2.45, 2.75) is 6.04 Å². The fourth-order valence-electron chi connectivity index (χ4n) is 1.82. The molecule has 2 amide bonds. The molecule has 0 fully saturated rings. The summed E-state index contributed by atoms with van der Waals surface area (Å²) in [5, 5.41) is 10.6. The third kappa shape index (κ3) is 2.42. The number of anilines is 1. The number of carbonyl (C=O) groups excluding carboxylic acids is 1. The van der Waals surface area contributed by atoms with Crippen LogP contribution in [0.15, 0.2) is 12.1 Å². The minimum Gasteiger partial charge on any atom is -0.488 e. The number of carboxylic acid groups (broad SMARTS) is 1. The molecule has 1 aliphatic heterocycles. The van der Waals surface area contributed by atoms with Gasteiger partial charge >= 0.3 is 6.09 Å². The molecule has 1 atom stereocenters. The number of nitrogens with one attached hydrogen (secondary N) is 1. The summed E-state index contributed by atoms with van der Waals surface area (Å²) >= 11 is 0. The fourth-order valence-corrected chi connectivity index (χ4v) is 1.82. The molecule has 0 aromatic heterocycles. The molecule has 0 saturated carbocycles. The molecule has 1 heterocycles. The van der Waals surface area contributed by atoms with Crippen LogP contribution in [-0.2, 0) is 4.79 Å². The summed E-state index contributed by atoms with van der Waals surface area (Å²) in [6, 6.07) is 0.375. The molecular weight excluding hydrogens is 262 g/mol. The van der Waals surface area contributed by atoms with Crippen LogP contribution in [0.25, 0.3) is 0 Å². The highest BCUT2D eigenvalue weighted by Crippen LogP contribution is 2.34. The molecule has 0 radical (unpaired) electrons. The molecule has 0 bridgehead atoms. The van der Waals surface area contributed by atoms with Gasteiger partial charge in [-0.05, 0) is 0 Å². The van der Waals surface area contributed by atoms with Crippen molar-refractivity contribution in [3.8, 4) is 5.75 Å². The maximum Gasteiger partial charge on any atom is 0.405 e. The third-order valence-corrected chi connectivity index (χ3v) is 2.66. The zero-order valence-corrected chi connectivity index (χ0v) is 9.81. The number of nitrogens with zero attached hydrogens (tertiary/aromatic N) is 1. The molecular formula is C11H10F2N2O4. The van der Waals surface area contributed by atoms with Crippen LogP contribution < -0.4 is 15.0 Å². The Hall–Kier alpha value is -2.38. The summed E-state index contributed by atoms with van der Waals surface area (Å²) in [5.74, 6) is -2.64. The van der Waals surface area contributed by atoms with Gasteiger partial charge in [-0.2, -0.15) is 0 Å². The number of hydrogen-bond donors (Lipinski definition) is 2. The van der Waals surface area contributed by atoms with Crippen molar-refractivity contribution in [3.63, 3.8) is 0 Å². The lowest BCUT2D eigenvalue weighted by atomic mass is 10.2. The normalized spacial score (nSPS) is 18.4. The average Bonchev–Trinajstić information content (AvgIpc) is 2.41. The van der Waals surface area contributed by atoms with E-state index in [0.717, 1.165) is 11.0 Å². The van der Waals surface area contributed by atoms with Crippen molar-refractivity contribution < 1.29 is 28.2 Å². The Kier molecular flexibility index (Phi) is 3.24. The van der Waals surface area contributed by atoms with Gasteiger partial charge in [0.15, 0.2) is 5.82 Å². The van der Waals surface area contributed by atoms with Crippen molar-refractivity contribution in [3.05, 3.63) is 23.8 Å². The molecule has 19 heavy (non-hydrogen) atoms. The highest BCUT2D eigenvalue weighted by atomic mass is 19.1. The lowest BCUT2D eigenvalue weighted by molar-refractivity contribution is -0.120. The van der Waals surface area contributed by atoms with Crippen molar-refractivity contribution in [1.29, 1.82) is 0 Å². The minimum absolute atomic E-state index is 0.150. The molecule has 2 N–H and O–H groups in total. The Morgan fingerprint density at radius 3 is 2.84 bits per heavy atom. The van der Waals surface area contributed by atoms with Gasteiger partial charge < -0.3 is 20.1 Å². The molecule has 6 nitrogen and oxygen atoms in total. The van der Waals surface area contributed by atoms with Crippen LogP contribution in [0.2, 0.25) is 0 Å². The highest BCUT2D eigenvalue weighted by Gasteiger charge is 2.32. The third-order valence-electron chi connectivity index (χ3n) is 2.66. The predicted molar refractivity (Wildman–Crippen MR) is 60.2 cm³/mol. The number of rotatable bonds is 1. The van der Waals surface area contributed by atoms with Crippen LogP contribution in [0.1, 0.15) is 0 Å². The highest BCUT2D eigenvalue weighted by molar-refractivity contribution is 6.00. The number of hydrogen-bond acceptors (Lipinski definition) is 3. The first-order valence-corrected chi connectivity index (χ1v) is 5.29. The summed E-state index contributed by atoms with van der Waals surface area (Å²) in [6.45, 7) is -0.342. The van der Waals surface area contributed by atoms with Crippen LogP contribution in [0.4, 0.5) is 19.3 Å². The van der Waals surface area contributed by atoms with Gasteiger partial charge in [0.05, 0.1) is 0 Å². The van der Waals surface area contributed by atoms with Crippen LogP contribution in [0.3, 0.4) is 0 Å². The maximum atomic E-state index is 13.7. The molecule has 0 aliphatic carbocycles. The van der Waals surface area contributed by atoms with E-state index < -0.39 is 29.7 Å². The van der Waals surface area contributed by atoms with E-state index in [1.165, 1.54) is 7.05 Å². The van der Waals surface area contributed by atoms with E-state index >= 15 is 0 Å². The number of amides is 2. The van der Waals surface area contributed by atoms with E-state index in [0.29, 0.717) is 6.07 Å². The first-order chi connectivity index (χ1) is 8.90. The second-order valence-corrected chi connectivity index (χ2v) is 3.94. The van der Waals surface area contributed by atoms with E-state index in [1.807, 2.05) is 5.32 Å². The summed E-state index contributed by atoms with van der Waals surface area (Å²) in [6.07, 6.45) is -1.41. The average molecular weight is 272 g/mol. The zero-order valence-electron chi connectivity index (χ0n) is 9.81. The van der Waals surface area contributed by atoms with E-state index in [2.05, 4.69) is 0 Å². The minimum atomic E-state index is -1.41. The summed E-state index contributed by atoms with van der Waals surface area (Å²) < 4.78 is 31.9. The first kappa shape index (κ1) is 13.1. The predicted octanol–water partition coefficient (Wildman–Crippen LogP) is 0.956. The quantitative estimate of drug-likeness (QED) is 0.798. The Bertz CT molecular complexity index is 550. The molecule has 2 rings (SSSR count). The monoisotopic (exact) mass is 272 g/mol. The number of benzene rings is 1. The lowest BCUT2D eigenvalue weighted by Crippen LogP contribution is -2.49. The molecule has 0 saturated heterocycles. The van der Waals surface area contributed by atoms with Gasteiger partial charge in [0, 0.05) is 19.2 Å². The SMILES string of the molecule is CN1C(=O)C(NC(=O)O)COc2cc(F)cc(F)c21. The molecule has 8 heteroatoms. The lowest BCUT2D eigenvalue weighted by Gasteiger charge is -2.19. The Morgan fingerprint density at radius 2 is 2.21 bits per heavy atom. The van der Waals surface area contributed by atoms with Crippen LogP contribution in [0, 0.1) is 11.6 Å². The molecule has 1 aromatic carbocycles. The van der Waals surface area contributed by atoms with E-state index in [1.54, 1.807) is 0 Å². The van der Waals surface area contributed by atoms with Crippen molar-refractivity contribution in [2.75, 3.05) is 18.6 Å². The van der Waals surface area contributed by atoms with Crippen LogP contribution in [0.5, 0.6) is 5.75 Å². The van der Waals surface area contributed by atoms with Crippen molar-refractivity contribution >= 4 is 17.7 Å². The number of halogens is 2. The summed E-state index contributed by atoms with van der Waals surface area (Å²) in [4.78, 5) is 23.4. The van der Waals surface area contributed by atoms with Gasteiger partial charge in [-0.25, -0.2) is 13.6 Å². The smallest absolute Gasteiger partial charge is 0.405 e. The molecule has 1 unspecified atom stereocenters. The molecule has 1 aromatic rings. The second-order valence-electron chi connectivity index (χ2n) is 3.94. The number of carbonyl (C=O) groups is 2. The zero-order chi connectivity index (χ0) is 14.2. The van der Waals surface area contributed by atoms with Gasteiger partial charge in [-0.15, -0.1) is 0 Å².